The first kappa shape index (κ1) is 17.6. The molecule has 0 unspecified atom stereocenters. The maximum atomic E-state index is 10.7. The predicted molar refractivity (Wildman–Crippen MR) is 98.4 cm³/mol. The van der Waals surface area contributed by atoms with E-state index in [2.05, 4.69) is 9.97 Å². The third-order valence-electron chi connectivity index (χ3n) is 3.73. The summed E-state index contributed by atoms with van der Waals surface area (Å²) in [6.45, 7) is 0.223. The van der Waals surface area contributed by atoms with Gasteiger partial charge in [0, 0.05) is 17.7 Å². The molecule has 0 aliphatic heterocycles. The van der Waals surface area contributed by atoms with Crippen LogP contribution in [0.2, 0.25) is 0 Å². The Balaban J connectivity index is 1.82. The number of nitrogen functional groups attached to an aromatic ring is 2. The van der Waals surface area contributed by atoms with E-state index in [9.17, 15) is 15.4 Å². The summed E-state index contributed by atoms with van der Waals surface area (Å²) >= 11 is 0. The number of benzene rings is 2. The molecule has 9 heteroatoms. The Morgan fingerprint density at radius 3 is 2.56 bits per heavy atom. The highest BCUT2D eigenvalue weighted by atomic mass is 16.6. The highest BCUT2D eigenvalue weighted by Crippen LogP contribution is 2.28. The van der Waals surface area contributed by atoms with Crippen molar-refractivity contribution in [3.8, 4) is 23.1 Å². The van der Waals surface area contributed by atoms with Crippen LogP contribution in [-0.4, -0.2) is 14.9 Å². The second-order valence-electron chi connectivity index (χ2n) is 5.54. The molecular formula is C18H14N6O3. The number of rotatable bonds is 5. The topological polar surface area (TPSA) is 154 Å². The van der Waals surface area contributed by atoms with Crippen LogP contribution in [-0.2, 0) is 6.61 Å². The van der Waals surface area contributed by atoms with Crippen LogP contribution >= 0.6 is 0 Å². The third-order valence-corrected chi connectivity index (χ3v) is 3.73. The van der Waals surface area contributed by atoms with E-state index in [1.54, 1.807) is 36.4 Å². The van der Waals surface area contributed by atoms with E-state index in [0.29, 0.717) is 17.0 Å². The number of nitrogens with zero attached hydrogens (tertiary/aromatic N) is 4. The zero-order chi connectivity index (χ0) is 19.4. The van der Waals surface area contributed by atoms with Crippen LogP contribution in [0.4, 0.5) is 17.5 Å². The van der Waals surface area contributed by atoms with Gasteiger partial charge in [-0.1, -0.05) is 12.1 Å². The summed E-state index contributed by atoms with van der Waals surface area (Å²) in [6.07, 6.45) is 0. The molecule has 0 bridgehead atoms. The quantitative estimate of drug-likeness (QED) is 0.518. The van der Waals surface area contributed by atoms with Crippen LogP contribution in [0.5, 0.6) is 5.75 Å². The minimum absolute atomic E-state index is 0.0113. The number of nitrogens with two attached hydrogens (primary N) is 2. The summed E-state index contributed by atoms with van der Waals surface area (Å²) in [5.74, 6) is 0.515. The largest absolute Gasteiger partial charge is 0.489 e. The first-order chi connectivity index (χ1) is 13.0. The summed E-state index contributed by atoms with van der Waals surface area (Å²) < 4.78 is 5.73. The molecule has 1 heterocycles. The lowest BCUT2D eigenvalue weighted by molar-refractivity contribution is -0.384. The van der Waals surface area contributed by atoms with Crippen LogP contribution in [0.25, 0.3) is 11.3 Å². The molecule has 0 fully saturated rings. The van der Waals surface area contributed by atoms with Gasteiger partial charge in [-0.3, -0.25) is 10.1 Å². The molecule has 0 saturated heterocycles. The molecule has 0 amide bonds. The van der Waals surface area contributed by atoms with Crippen molar-refractivity contribution in [2.45, 2.75) is 6.61 Å². The van der Waals surface area contributed by atoms with Gasteiger partial charge in [-0.05, 0) is 29.8 Å². The van der Waals surface area contributed by atoms with Crippen LogP contribution in [0.1, 0.15) is 11.1 Å². The Bertz CT molecular complexity index is 1040. The fourth-order valence-electron chi connectivity index (χ4n) is 2.43. The monoisotopic (exact) mass is 362 g/mol. The van der Waals surface area contributed by atoms with Crippen molar-refractivity contribution in [1.29, 1.82) is 5.26 Å². The van der Waals surface area contributed by atoms with Gasteiger partial charge in [0.15, 0.2) is 0 Å². The number of nitro benzene ring substituents is 1. The van der Waals surface area contributed by atoms with Gasteiger partial charge in [-0.15, -0.1) is 0 Å². The number of hydrogen-bond donors (Lipinski definition) is 2. The van der Waals surface area contributed by atoms with Crippen molar-refractivity contribution in [2.24, 2.45) is 0 Å². The van der Waals surface area contributed by atoms with E-state index >= 15 is 0 Å². The van der Waals surface area contributed by atoms with Gasteiger partial charge >= 0.3 is 0 Å². The van der Waals surface area contributed by atoms with Gasteiger partial charge in [0.25, 0.3) is 5.69 Å². The molecule has 0 aliphatic carbocycles. The van der Waals surface area contributed by atoms with Gasteiger partial charge in [0.1, 0.15) is 29.8 Å². The highest BCUT2D eigenvalue weighted by molar-refractivity contribution is 5.73. The molecule has 1 aromatic heterocycles. The van der Waals surface area contributed by atoms with Gasteiger partial charge in [0.2, 0.25) is 5.95 Å². The van der Waals surface area contributed by atoms with Gasteiger partial charge in [0.05, 0.1) is 10.6 Å². The van der Waals surface area contributed by atoms with Crippen LogP contribution < -0.4 is 16.2 Å². The van der Waals surface area contributed by atoms with E-state index in [4.69, 9.17) is 16.2 Å². The lowest BCUT2D eigenvalue weighted by atomic mass is 10.1. The van der Waals surface area contributed by atoms with E-state index < -0.39 is 4.92 Å². The van der Waals surface area contributed by atoms with E-state index in [0.717, 1.165) is 5.56 Å². The van der Waals surface area contributed by atoms with E-state index in [-0.39, 0.29) is 29.6 Å². The Morgan fingerprint density at radius 2 is 1.89 bits per heavy atom. The molecule has 0 radical (unpaired) electrons. The van der Waals surface area contributed by atoms with Crippen molar-refractivity contribution in [3.05, 3.63) is 69.8 Å². The zero-order valence-corrected chi connectivity index (χ0v) is 14.0. The Kier molecular flexibility index (Phi) is 4.81. The number of nitriles is 1. The van der Waals surface area contributed by atoms with Crippen molar-refractivity contribution in [1.82, 2.24) is 9.97 Å². The Morgan fingerprint density at radius 1 is 1.15 bits per heavy atom. The minimum atomic E-state index is -0.458. The third kappa shape index (κ3) is 3.91. The number of non-ortho nitro benzene ring substituents is 1. The first-order valence-corrected chi connectivity index (χ1v) is 7.77. The molecule has 0 saturated carbocycles. The molecule has 3 aromatic rings. The van der Waals surface area contributed by atoms with Crippen LogP contribution in [0, 0.1) is 21.4 Å². The molecule has 0 spiro atoms. The van der Waals surface area contributed by atoms with Gasteiger partial charge in [-0.25, -0.2) is 4.98 Å². The molecule has 27 heavy (non-hydrogen) atoms. The summed E-state index contributed by atoms with van der Waals surface area (Å²) in [5.41, 5.74) is 13.2. The maximum absolute atomic E-state index is 10.7. The average Bonchev–Trinajstić information content (AvgIpc) is 2.66. The number of ether oxygens (including phenoxy) is 1. The molecule has 9 nitrogen and oxygen atoms in total. The molecule has 134 valence electrons. The predicted octanol–water partition coefficient (Wildman–Crippen LogP) is 2.67. The summed E-state index contributed by atoms with van der Waals surface area (Å²) in [4.78, 5) is 18.1. The molecular weight excluding hydrogens is 348 g/mol. The minimum Gasteiger partial charge on any atom is -0.489 e. The van der Waals surface area contributed by atoms with Crippen molar-refractivity contribution >= 4 is 17.5 Å². The lowest BCUT2D eigenvalue weighted by Crippen LogP contribution is -2.05. The van der Waals surface area contributed by atoms with Crippen molar-refractivity contribution < 1.29 is 9.66 Å². The Labute approximate surface area is 154 Å². The normalized spacial score (nSPS) is 10.2. The fraction of sp³-hybridized carbons (Fsp3) is 0.0556. The maximum Gasteiger partial charge on any atom is 0.269 e. The molecule has 4 N–H and O–H groups in total. The number of nitro groups is 1. The summed E-state index contributed by atoms with van der Waals surface area (Å²) in [5, 5.41) is 20.0. The van der Waals surface area contributed by atoms with Crippen molar-refractivity contribution in [3.63, 3.8) is 0 Å². The second-order valence-corrected chi connectivity index (χ2v) is 5.54. The van der Waals surface area contributed by atoms with Crippen LogP contribution in [0.3, 0.4) is 0 Å². The summed E-state index contributed by atoms with van der Waals surface area (Å²) in [6, 6.07) is 15.0. The first-order valence-electron chi connectivity index (χ1n) is 7.77. The van der Waals surface area contributed by atoms with Crippen molar-refractivity contribution in [2.75, 3.05) is 11.5 Å². The zero-order valence-electron chi connectivity index (χ0n) is 14.0. The number of anilines is 2. The standard InChI is InChI=1S/C18H14N6O3/c19-9-15-16(22-18(21)23-17(15)20)12-2-1-3-14(8-12)27-10-11-4-6-13(7-5-11)24(25)26/h1-8H,10H2,(H4,20,21,22,23). The highest BCUT2D eigenvalue weighted by Gasteiger charge is 2.14. The second kappa shape index (κ2) is 7.37. The van der Waals surface area contributed by atoms with Gasteiger partial charge < -0.3 is 16.2 Å². The lowest BCUT2D eigenvalue weighted by Gasteiger charge is -2.10. The number of hydrogen-bond acceptors (Lipinski definition) is 8. The number of aromatic nitrogens is 2. The molecule has 0 aliphatic rings. The fourth-order valence-corrected chi connectivity index (χ4v) is 2.43. The smallest absolute Gasteiger partial charge is 0.269 e. The van der Waals surface area contributed by atoms with Crippen LogP contribution in [0.15, 0.2) is 48.5 Å². The van der Waals surface area contributed by atoms with E-state index in [1.807, 2.05) is 6.07 Å². The SMILES string of the molecule is N#Cc1c(N)nc(N)nc1-c1cccc(OCc2ccc([N+](=O)[O-])cc2)c1. The van der Waals surface area contributed by atoms with Gasteiger partial charge in [-0.2, -0.15) is 10.2 Å². The molecule has 2 aromatic carbocycles. The Hall–Kier alpha value is -4.19. The average molecular weight is 362 g/mol. The molecule has 3 rings (SSSR count). The van der Waals surface area contributed by atoms with E-state index in [1.165, 1.54) is 12.1 Å². The summed E-state index contributed by atoms with van der Waals surface area (Å²) in [7, 11) is 0. The molecule has 0 atom stereocenters.